The molecule has 0 atom stereocenters. The Balaban J connectivity index is 1.24. The number of para-hydroxylation sites is 1. The summed E-state index contributed by atoms with van der Waals surface area (Å²) in [4.78, 5) is 16.5. The Morgan fingerprint density at radius 2 is 1.33 bits per heavy atom. The molecule has 4 aromatic rings. The Labute approximate surface area is 193 Å². The lowest BCUT2D eigenvalue weighted by Gasteiger charge is -2.07. The Morgan fingerprint density at radius 1 is 0.727 bits per heavy atom. The van der Waals surface area contributed by atoms with Gasteiger partial charge in [-0.15, -0.1) is 0 Å². The third-order valence-electron chi connectivity index (χ3n) is 4.76. The van der Waals surface area contributed by atoms with Gasteiger partial charge in [0.1, 0.15) is 18.1 Å². The summed E-state index contributed by atoms with van der Waals surface area (Å²) in [5.74, 6) is 1.22. The molecule has 5 heteroatoms. The average Bonchev–Trinajstić information content (AvgIpc) is 2.87. The van der Waals surface area contributed by atoms with Gasteiger partial charge in [0.05, 0.1) is 5.69 Å². The highest BCUT2D eigenvalue weighted by molar-refractivity contribution is 5.91. The normalized spacial score (nSPS) is 10.7. The van der Waals surface area contributed by atoms with E-state index in [1.807, 2.05) is 109 Å². The maximum atomic E-state index is 12.0. The number of nitrogens with one attached hydrogen (secondary N) is 1. The Bertz CT molecular complexity index is 1170. The summed E-state index contributed by atoms with van der Waals surface area (Å²) < 4.78 is 11.4. The van der Waals surface area contributed by atoms with E-state index in [9.17, 15) is 4.79 Å². The van der Waals surface area contributed by atoms with Crippen molar-refractivity contribution in [2.24, 2.45) is 4.99 Å². The number of hydrogen-bond donors (Lipinski definition) is 1. The molecule has 0 aromatic heterocycles. The minimum atomic E-state index is -0.206. The van der Waals surface area contributed by atoms with Crippen molar-refractivity contribution in [2.75, 3.05) is 11.9 Å². The fourth-order valence-electron chi connectivity index (χ4n) is 3.04. The summed E-state index contributed by atoms with van der Waals surface area (Å²) in [5, 5.41) is 2.79. The number of carbonyl (C=O) groups excluding carboxylic acids is 1. The lowest BCUT2D eigenvalue weighted by Crippen LogP contribution is -2.20. The van der Waals surface area contributed by atoms with Crippen molar-refractivity contribution < 1.29 is 14.3 Å². The van der Waals surface area contributed by atoms with Gasteiger partial charge < -0.3 is 14.8 Å². The van der Waals surface area contributed by atoms with Gasteiger partial charge in [0, 0.05) is 11.9 Å². The van der Waals surface area contributed by atoms with Gasteiger partial charge in [-0.3, -0.25) is 9.79 Å². The molecule has 1 N–H and O–H groups in total. The second kappa shape index (κ2) is 11.3. The molecule has 0 heterocycles. The molecule has 0 spiro atoms. The topological polar surface area (TPSA) is 59.9 Å². The summed E-state index contributed by atoms with van der Waals surface area (Å²) >= 11 is 0. The summed E-state index contributed by atoms with van der Waals surface area (Å²) in [5.41, 5.74) is 3.64. The Kier molecular flexibility index (Phi) is 7.48. The van der Waals surface area contributed by atoms with Crippen molar-refractivity contribution in [3.63, 3.8) is 0 Å². The molecule has 4 rings (SSSR count). The van der Waals surface area contributed by atoms with Crippen LogP contribution < -0.4 is 14.8 Å². The van der Waals surface area contributed by atoms with E-state index >= 15 is 0 Å². The highest BCUT2D eigenvalue weighted by Gasteiger charge is 2.03. The molecule has 0 aliphatic rings. The zero-order valence-electron chi connectivity index (χ0n) is 18.1. The van der Waals surface area contributed by atoms with Crippen LogP contribution in [0.3, 0.4) is 0 Å². The lowest BCUT2D eigenvalue weighted by molar-refractivity contribution is -0.118. The maximum absolute atomic E-state index is 12.0. The molecule has 0 aliphatic carbocycles. The summed E-state index contributed by atoms with van der Waals surface area (Å²) in [6, 6.07) is 34.4. The summed E-state index contributed by atoms with van der Waals surface area (Å²) in [6.07, 6.45) is 1.78. The third-order valence-corrected chi connectivity index (χ3v) is 4.76. The van der Waals surface area contributed by atoms with Gasteiger partial charge in [0.2, 0.25) is 0 Å². The van der Waals surface area contributed by atoms with Gasteiger partial charge in [-0.05, 0) is 71.8 Å². The molecule has 0 fully saturated rings. The number of rotatable bonds is 9. The number of nitrogens with zero attached hydrogens (tertiary/aromatic N) is 1. The van der Waals surface area contributed by atoms with Crippen molar-refractivity contribution in [3.8, 4) is 11.5 Å². The number of anilines is 1. The van der Waals surface area contributed by atoms with E-state index in [-0.39, 0.29) is 12.5 Å². The van der Waals surface area contributed by atoms with Crippen LogP contribution in [0.4, 0.5) is 11.4 Å². The summed E-state index contributed by atoms with van der Waals surface area (Å²) in [7, 11) is 0. The smallest absolute Gasteiger partial charge is 0.262 e. The molecule has 0 bridgehead atoms. The quantitative estimate of drug-likeness (QED) is 0.326. The molecule has 5 nitrogen and oxygen atoms in total. The van der Waals surface area contributed by atoms with Crippen LogP contribution in [0, 0.1) is 0 Å². The number of aliphatic imine (C=N–C) groups is 1. The molecule has 4 aromatic carbocycles. The molecule has 0 saturated carbocycles. The van der Waals surface area contributed by atoms with Crippen LogP contribution in [0.15, 0.2) is 114 Å². The van der Waals surface area contributed by atoms with Crippen molar-refractivity contribution in [1.29, 1.82) is 0 Å². The van der Waals surface area contributed by atoms with Gasteiger partial charge in [-0.1, -0.05) is 48.5 Å². The fourth-order valence-corrected chi connectivity index (χ4v) is 3.04. The first kappa shape index (κ1) is 21.8. The first-order valence-corrected chi connectivity index (χ1v) is 10.6. The minimum absolute atomic E-state index is 0.0545. The first-order valence-electron chi connectivity index (χ1n) is 10.6. The van der Waals surface area contributed by atoms with Gasteiger partial charge >= 0.3 is 0 Å². The van der Waals surface area contributed by atoms with E-state index < -0.39 is 0 Å². The van der Waals surface area contributed by atoms with E-state index in [0.717, 1.165) is 28.3 Å². The number of hydrogen-bond acceptors (Lipinski definition) is 4. The molecule has 0 radical (unpaired) electrons. The molecule has 0 saturated heterocycles. The third kappa shape index (κ3) is 7.08. The predicted molar refractivity (Wildman–Crippen MR) is 131 cm³/mol. The fraction of sp³-hybridized carbons (Fsp3) is 0.0714. The van der Waals surface area contributed by atoms with Crippen LogP contribution >= 0.6 is 0 Å². The highest BCUT2D eigenvalue weighted by Crippen LogP contribution is 2.19. The van der Waals surface area contributed by atoms with Crippen molar-refractivity contribution in [2.45, 2.75) is 6.61 Å². The highest BCUT2D eigenvalue weighted by atomic mass is 16.5. The van der Waals surface area contributed by atoms with Crippen molar-refractivity contribution >= 4 is 23.5 Å². The monoisotopic (exact) mass is 436 g/mol. The van der Waals surface area contributed by atoms with Gasteiger partial charge in [0.15, 0.2) is 6.61 Å². The van der Waals surface area contributed by atoms with E-state index in [1.165, 1.54) is 0 Å². The summed E-state index contributed by atoms with van der Waals surface area (Å²) in [6.45, 7) is 0.479. The molecular formula is C28H24N2O3. The number of benzene rings is 4. The van der Waals surface area contributed by atoms with Crippen LogP contribution in [0.5, 0.6) is 11.5 Å². The lowest BCUT2D eigenvalue weighted by atomic mass is 10.2. The second-order valence-electron chi connectivity index (χ2n) is 7.30. The van der Waals surface area contributed by atoms with E-state index in [0.29, 0.717) is 12.4 Å². The minimum Gasteiger partial charge on any atom is -0.489 e. The number of amides is 1. The maximum Gasteiger partial charge on any atom is 0.262 e. The zero-order valence-corrected chi connectivity index (χ0v) is 18.1. The molecule has 164 valence electrons. The van der Waals surface area contributed by atoms with Crippen LogP contribution in [0.25, 0.3) is 0 Å². The molecule has 0 unspecified atom stereocenters. The number of ether oxygens (including phenoxy) is 2. The van der Waals surface area contributed by atoms with Crippen molar-refractivity contribution in [1.82, 2.24) is 0 Å². The molecular weight excluding hydrogens is 412 g/mol. The van der Waals surface area contributed by atoms with Crippen LogP contribution in [-0.4, -0.2) is 18.7 Å². The standard InChI is InChI=1S/C28H24N2O3/c31-28(30-25-9-5-2-6-10-25)21-33-26-15-11-22(12-16-26)19-29-24-13-17-27(18-14-24)32-20-23-7-3-1-4-8-23/h1-19H,20-21H2,(H,30,31). The Hall–Kier alpha value is -4.38. The zero-order chi connectivity index (χ0) is 22.7. The van der Waals surface area contributed by atoms with Crippen LogP contribution in [0.1, 0.15) is 11.1 Å². The van der Waals surface area contributed by atoms with Gasteiger partial charge in [-0.2, -0.15) is 0 Å². The number of carbonyl (C=O) groups is 1. The predicted octanol–water partition coefficient (Wildman–Crippen LogP) is 6.03. The van der Waals surface area contributed by atoms with Gasteiger partial charge in [-0.25, -0.2) is 0 Å². The van der Waals surface area contributed by atoms with E-state index in [1.54, 1.807) is 6.21 Å². The average molecular weight is 437 g/mol. The first-order chi connectivity index (χ1) is 16.2. The van der Waals surface area contributed by atoms with Crippen LogP contribution in [0.2, 0.25) is 0 Å². The van der Waals surface area contributed by atoms with Gasteiger partial charge in [0.25, 0.3) is 5.91 Å². The molecule has 33 heavy (non-hydrogen) atoms. The van der Waals surface area contributed by atoms with Crippen LogP contribution in [-0.2, 0) is 11.4 Å². The Morgan fingerprint density at radius 3 is 2.03 bits per heavy atom. The van der Waals surface area contributed by atoms with E-state index in [2.05, 4.69) is 10.3 Å². The SMILES string of the molecule is O=C(COc1ccc(C=Nc2ccc(OCc3ccccc3)cc2)cc1)Nc1ccccc1. The largest absolute Gasteiger partial charge is 0.489 e. The van der Waals surface area contributed by atoms with E-state index in [4.69, 9.17) is 9.47 Å². The van der Waals surface area contributed by atoms with Crippen molar-refractivity contribution in [3.05, 3.63) is 120 Å². The second-order valence-corrected chi connectivity index (χ2v) is 7.30. The molecule has 1 amide bonds. The molecule has 0 aliphatic heterocycles.